The predicted octanol–water partition coefficient (Wildman–Crippen LogP) is 3.80. The third kappa shape index (κ3) is 7.57. The molecule has 1 atom stereocenters. The largest absolute Gasteiger partial charge is 0.496 e. The molecule has 0 bridgehead atoms. The number of nitrogens with zero attached hydrogens (tertiary/aromatic N) is 1. The lowest BCUT2D eigenvalue weighted by atomic mass is 9.89. The van der Waals surface area contributed by atoms with Crippen LogP contribution in [0.3, 0.4) is 0 Å². The van der Waals surface area contributed by atoms with Gasteiger partial charge in [0, 0.05) is 37.3 Å². The molecule has 5 nitrogen and oxygen atoms in total. The van der Waals surface area contributed by atoms with Gasteiger partial charge in [0.25, 0.3) is 0 Å². The monoisotopic (exact) mass is 513 g/mol. The lowest BCUT2D eigenvalue weighted by Crippen LogP contribution is -2.45. The van der Waals surface area contributed by atoms with Crippen molar-refractivity contribution in [2.24, 2.45) is 10.4 Å². The van der Waals surface area contributed by atoms with Gasteiger partial charge < -0.3 is 20.1 Å². The molecule has 0 fully saturated rings. The Morgan fingerprint density at radius 2 is 1.92 bits per heavy atom. The number of methoxy groups -OCH3 is 2. The fourth-order valence-electron chi connectivity index (χ4n) is 2.22. The number of hydrogen-bond acceptors (Lipinski definition) is 3. The summed E-state index contributed by atoms with van der Waals surface area (Å²) in [5.74, 6) is 1.58. The van der Waals surface area contributed by atoms with Gasteiger partial charge in [-0.15, -0.1) is 24.0 Å². The molecule has 0 amide bonds. The molecule has 0 saturated heterocycles. The van der Waals surface area contributed by atoms with E-state index in [1.54, 1.807) is 21.3 Å². The van der Waals surface area contributed by atoms with Crippen LogP contribution in [-0.2, 0) is 11.3 Å². The second-order valence-corrected chi connectivity index (χ2v) is 7.27. The van der Waals surface area contributed by atoms with Crippen molar-refractivity contribution in [3.05, 3.63) is 28.2 Å². The van der Waals surface area contributed by atoms with Crippen molar-refractivity contribution in [2.45, 2.75) is 33.4 Å². The minimum atomic E-state index is 0. The molecule has 0 aromatic heterocycles. The Morgan fingerprint density at radius 1 is 1.25 bits per heavy atom. The highest BCUT2D eigenvalue weighted by Crippen LogP contribution is 2.23. The highest BCUT2D eigenvalue weighted by Gasteiger charge is 2.24. The second kappa shape index (κ2) is 11.1. The van der Waals surface area contributed by atoms with E-state index in [2.05, 4.69) is 52.3 Å². The quantitative estimate of drug-likeness (QED) is 0.345. The zero-order valence-corrected chi connectivity index (χ0v) is 19.2. The molecule has 0 heterocycles. The van der Waals surface area contributed by atoms with Gasteiger partial charge in [-0.2, -0.15) is 0 Å². The van der Waals surface area contributed by atoms with E-state index in [1.807, 2.05) is 18.2 Å². The topological polar surface area (TPSA) is 54.9 Å². The molecular formula is C17H29BrIN3O2. The molecule has 24 heavy (non-hydrogen) atoms. The maximum atomic E-state index is 5.55. The maximum absolute atomic E-state index is 5.55. The van der Waals surface area contributed by atoms with Crippen LogP contribution >= 0.6 is 39.9 Å². The smallest absolute Gasteiger partial charge is 0.191 e. The SMILES string of the molecule is CN=C(NCc1cc(Br)ccc1OC)NCC(OC)C(C)(C)C.I. The Labute approximate surface area is 171 Å². The third-order valence-electron chi connectivity index (χ3n) is 3.62. The third-order valence-corrected chi connectivity index (χ3v) is 4.11. The lowest BCUT2D eigenvalue weighted by molar-refractivity contribution is 0.0205. The lowest BCUT2D eigenvalue weighted by Gasteiger charge is -2.30. The van der Waals surface area contributed by atoms with E-state index in [9.17, 15) is 0 Å². The molecule has 2 N–H and O–H groups in total. The maximum Gasteiger partial charge on any atom is 0.191 e. The molecule has 0 saturated carbocycles. The van der Waals surface area contributed by atoms with Crippen molar-refractivity contribution in [1.29, 1.82) is 0 Å². The van der Waals surface area contributed by atoms with E-state index in [4.69, 9.17) is 9.47 Å². The molecule has 1 aromatic rings. The molecule has 0 radical (unpaired) electrons. The van der Waals surface area contributed by atoms with Crippen LogP contribution in [0.25, 0.3) is 0 Å². The number of ether oxygens (including phenoxy) is 2. The fraction of sp³-hybridized carbons (Fsp3) is 0.588. The minimum absolute atomic E-state index is 0. The van der Waals surface area contributed by atoms with Crippen LogP contribution in [0.4, 0.5) is 0 Å². The first kappa shape index (κ1) is 23.5. The normalized spacial score (nSPS) is 13.0. The number of nitrogens with one attached hydrogen (secondary N) is 2. The zero-order valence-electron chi connectivity index (χ0n) is 15.3. The summed E-state index contributed by atoms with van der Waals surface area (Å²) in [6, 6.07) is 5.94. The predicted molar refractivity (Wildman–Crippen MR) is 115 cm³/mol. The summed E-state index contributed by atoms with van der Waals surface area (Å²) >= 11 is 3.48. The highest BCUT2D eigenvalue weighted by atomic mass is 127. The molecule has 7 heteroatoms. The summed E-state index contributed by atoms with van der Waals surface area (Å²) in [6.45, 7) is 7.78. The van der Waals surface area contributed by atoms with Crippen molar-refractivity contribution in [3.8, 4) is 5.75 Å². The van der Waals surface area contributed by atoms with Gasteiger partial charge in [-0.05, 0) is 23.6 Å². The Morgan fingerprint density at radius 3 is 2.42 bits per heavy atom. The number of hydrogen-bond donors (Lipinski definition) is 2. The molecule has 138 valence electrons. The number of guanidine groups is 1. The number of rotatable bonds is 6. The summed E-state index contributed by atoms with van der Waals surface area (Å²) in [5, 5.41) is 6.61. The van der Waals surface area contributed by atoms with E-state index in [1.165, 1.54) is 0 Å². The van der Waals surface area contributed by atoms with Gasteiger partial charge in [0.1, 0.15) is 5.75 Å². The van der Waals surface area contributed by atoms with Crippen LogP contribution in [0, 0.1) is 5.41 Å². The van der Waals surface area contributed by atoms with Crippen LogP contribution in [0.2, 0.25) is 0 Å². The van der Waals surface area contributed by atoms with Crippen molar-refractivity contribution in [1.82, 2.24) is 10.6 Å². The summed E-state index contributed by atoms with van der Waals surface area (Å²) in [7, 11) is 5.17. The molecule has 1 unspecified atom stereocenters. The number of aliphatic imine (C=N–C) groups is 1. The van der Waals surface area contributed by atoms with Crippen molar-refractivity contribution >= 4 is 45.9 Å². The number of benzene rings is 1. The minimum Gasteiger partial charge on any atom is -0.496 e. The van der Waals surface area contributed by atoms with Gasteiger partial charge in [-0.3, -0.25) is 4.99 Å². The van der Waals surface area contributed by atoms with E-state index in [-0.39, 0.29) is 35.5 Å². The Balaban J connectivity index is 0.00000529. The van der Waals surface area contributed by atoms with E-state index in [0.29, 0.717) is 13.1 Å². The molecule has 0 aliphatic rings. The van der Waals surface area contributed by atoms with Crippen molar-refractivity contribution in [3.63, 3.8) is 0 Å². The summed E-state index contributed by atoms with van der Waals surface area (Å²) in [5.41, 5.74) is 1.12. The first-order valence-corrected chi connectivity index (χ1v) is 8.40. The van der Waals surface area contributed by atoms with Crippen LogP contribution in [0.15, 0.2) is 27.7 Å². The standard InChI is InChI=1S/C17H28BrN3O2.HI/c1-17(2,3)15(23-6)11-21-16(19-4)20-10-12-9-13(18)7-8-14(12)22-5;/h7-9,15H,10-11H2,1-6H3,(H2,19,20,21);1H. The van der Waals surface area contributed by atoms with Gasteiger partial charge in [-0.1, -0.05) is 36.7 Å². The fourth-order valence-corrected chi connectivity index (χ4v) is 2.63. The van der Waals surface area contributed by atoms with Crippen molar-refractivity contribution in [2.75, 3.05) is 27.8 Å². The van der Waals surface area contributed by atoms with Gasteiger partial charge >= 0.3 is 0 Å². The Kier molecular flexibility index (Phi) is 10.9. The van der Waals surface area contributed by atoms with Gasteiger partial charge in [0.05, 0.1) is 13.2 Å². The van der Waals surface area contributed by atoms with E-state index >= 15 is 0 Å². The molecule has 1 rings (SSSR count). The second-order valence-electron chi connectivity index (χ2n) is 6.35. The average Bonchev–Trinajstić information content (AvgIpc) is 2.49. The molecule has 0 aliphatic carbocycles. The Hall–Kier alpha value is -0.540. The molecule has 1 aromatic carbocycles. The summed E-state index contributed by atoms with van der Waals surface area (Å²) < 4.78 is 12.0. The molecule has 0 aliphatic heterocycles. The summed E-state index contributed by atoms with van der Waals surface area (Å²) in [4.78, 5) is 4.26. The van der Waals surface area contributed by atoms with Crippen LogP contribution in [0.1, 0.15) is 26.3 Å². The van der Waals surface area contributed by atoms with Crippen molar-refractivity contribution < 1.29 is 9.47 Å². The summed E-state index contributed by atoms with van der Waals surface area (Å²) in [6.07, 6.45) is 0.0986. The zero-order chi connectivity index (χ0) is 17.5. The van der Waals surface area contributed by atoms with Gasteiger partial charge in [0.15, 0.2) is 5.96 Å². The van der Waals surface area contributed by atoms with E-state index < -0.39 is 0 Å². The Bertz CT molecular complexity index is 533. The first-order chi connectivity index (χ1) is 10.8. The van der Waals surface area contributed by atoms with Gasteiger partial charge in [-0.25, -0.2) is 0 Å². The van der Waals surface area contributed by atoms with Gasteiger partial charge in [0.2, 0.25) is 0 Å². The van der Waals surface area contributed by atoms with Crippen LogP contribution in [-0.4, -0.2) is 39.9 Å². The highest BCUT2D eigenvalue weighted by molar-refractivity contribution is 14.0. The van der Waals surface area contributed by atoms with Crippen LogP contribution < -0.4 is 15.4 Å². The average molecular weight is 514 g/mol. The first-order valence-electron chi connectivity index (χ1n) is 7.61. The van der Waals surface area contributed by atoms with Crippen LogP contribution in [0.5, 0.6) is 5.75 Å². The number of halogens is 2. The molecular weight excluding hydrogens is 485 g/mol. The molecule has 0 spiro atoms. The van der Waals surface area contributed by atoms with E-state index in [0.717, 1.165) is 21.7 Å².